The fraction of sp³-hybridized carbons (Fsp3) is 0.333. The summed E-state index contributed by atoms with van der Waals surface area (Å²) >= 11 is 5.32. The van der Waals surface area contributed by atoms with Crippen LogP contribution in [0, 0.1) is 0 Å². The summed E-state index contributed by atoms with van der Waals surface area (Å²) in [4.78, 5) is 7.27. The fourth-order valence-corrected chi connectivity index (χ4v) is 0.394. The van der Waals surface area contributed by atoms with Crippen LogP contribution in [-0.4, -0.2) is 16.5 Å². The molecule has 0 amide bonds. The van der Waals surface area contributed by atoms with E-state index in [1.807, 2.05) is 6.92 Å². The molecule has 0 fully saturated rings. The molecule has 56 valence electrons. The van der Waals surface area contributed by atoms with Crippen LogP contribution in [0.3, 0.4) is 0 Å². The van der Waals surface area contributed by atoms with Crippen molar-refractivity contribution in [3.8, 4) is 0 Å². The van der Waals surface area contributed by atoms with Crippen molar-refractivity contribution in [2.45, 2.75) is 6.92 Å². The summed E-state index contributed by atoms with van der Waals surface area (Å²) in [5.41, 5.74) is 4.85. The normalized spacial score (nSPS) is 7.90. The number of hydrogen-bond acceptors (Lipinski definition) is 3. The minimum atomic E-state index is 0. The van der Waals surface area contributed by atoms with Gasteiger partial charge in [-0.3, -0.25) is 0 Å². The van der Waals surface area contributed by atoms with Crippen molar-refractivity contribution in [3.05, 3.63) is 23.7 Å². The lowest BCUT2D eigenvalue weighted by Crippen LogP contribution is -1.87. The van der Waals surface area contributed by atoms with Gasteiger partial charge in [0, 0.05) is 12.4 Å². The lowest BCUT2D eigenvalue weighted by atomic mass is 10.7. The molecule has 4 heteroatoms. The molecule has 0 unspecified atom stereocenters. The van der Waals surface area contributed by atoms with Crippen LogP contribution in [0.5, 0.6) is 0 Å². The van der Waals surface area contributed by atoms with Gasteiger partial charge in [-0.1, -0.05) is 6.92 Å². The molecule has 1 aromatic rings. The predicted octanol–water partition coefficient (Wildman–Crippen LogP) is 1.21. The Kier molecular flexibility index (Phi) is 6.02. The van der Waals surface area contributed by atoms with Gasteiger partial charge in [0.15, 0.2) is 0 Å². The van der Waals surface area contributed by atoms with Crippen molar-refractivity contribution < 1.29 is 1.43 Å². The molecule has 0 radical (unpaired) electrons. The molecule has 1 heterocycles. The maximum absolute atomic E-state index is 5.32. The first-order chi connectivity index (χ1) is 4.81. The molecule has 0 aliphatic heterocycles. The Morgan fingerprint density at radius 3 is 2.20 bits per heavy atom. The molecule has 1 aromatic heterocycles. The molecule has 0 aliphatic carbocycles. The van der Waals surface area contributed by atoms with Crippen molar-refractivity contribution >= 4 is 11.6 Å². The zero-order valence-electron chi connectivity index (χ0n) is 6.79. The van der Waals surface area contributed by atoms with Gasteiger partial charge in [0.2, 0.25) is 5.28 Å². The van der Waals surface area contributed by atoms with E-state index in [1.165, 1.54) is 0 Å². The van der Waals surface area contributed by atoms with Crippen LogP contribution in [0.1, 0.15) is 8.35 Å². The minimum Gasteiger partial charge on any atom is -0.331 e. The number of nitrogens with zero attached hydrogens (tertiary/aromatic N) is 2. The van der Waals surface area contributed by atoms with Crippen LogP contribution in [0.15, 0.2) is 18.5 Å². The highest BCUT2D eigenvalue weighted by Gasteiger charge is 1.78. The smallest absolute Gasteiger partial charge is 0.331 e. The van der Waals surface area contributed by atoms with Gasteiger partial charge < -0.3 is 5.73 Å². The van der Waals surface area contributed by atoms with E-state index < -0.39 is 0 Å². The second kappa shape index (κ2) is 6.45. The van der Waals surface area contributed by atoms with Crippen LogP contribution in [-0.2, 0) is 0 Å². The van der Waals surface area contributed by atoms with Crippen LogP contribution in [0.25, 0.3) is 0 Å². The third-order valence-corrected chi connectivity index (χ3v) is 0.729. The number of rotatable bonds is 0. The number of hydrogen-bond donors (Lipinski definition) is 1. The lowest BCUT2D eigenvalue weighted by Gasteiger charge is -1.78. The Morgan fingerprint density at radius 1 is 1.60 bits per heavy atom. The van der Waals surface area contributed by atoms with Gasteiger partial charge in [-0.05, 0) is 24.2 Å². The van der Waals surface area contributed by atoms with Gasteiger partial charge in [0.1, 0.15) is 0 Å². The minimum absolute atomic E-state index is 0. The first-order valence-electron chi connectivity index (χ1n) is 2.93. The average molecular weight is 161 g/mol. The molecule has 0 aliphatic rings. The molecular formula is C6H11ClN3+. The van der Waals surface area contributed by atoms with Gasteiger partial charge in [-0.2, -0.15) is 0 Å². The zero-order chi connectivity index (χ0) is 7.82. The van der Waals surface area contributed by atoms with E-state index in [1.54, 1.807) is 18.5 Å². The first-order valence-corrected chi connectivity index (χ1v) is 3.31. The summed E-state index contributed by atoms with van der Waals surface area (Å²) in [5.74, 6) is 0. The highest BCUT2D eigenvalue weighted by Crippen LogP contribution is 1.92. The number of nitrogens with two attached hydrogens (primary N) is 1. The van der Waals surface area contributed by atoms with E-state index in [0.717, 1.165) is 6.54 Å². The molecule has 0 saturated carbocycles. The lowest BCUT2D eigenvalue weighted by molar-refractivity contribution is 1.14. The Morgan fingerprint density at radius 2 is 2.00 bits per heavy atom. The predicted molar refractivity (Wildman–Crippen MR) is 42.9 cm³/mol. The van der Waals surface area contributed by atoms with Crippen LogP contribution in [0.4, 0.5) is 0 Å². The maximum Gasteiger partial charge on any atom is 1.00 e. The maximum atomic E-state index is 5.32. The highest BCUT2D eigenvalue weighted by molar-refractivity contribution is 6.28. The van der Waals surface area contributed by atoms with Crippen molar-refractivity contribution in [1.82, 2.24) is 9.97 Å². The van der Waals surface area contributed by atoms with E-state index >= 15 is 0 Å². The third-order valence-electron chi connectivity index (χ3n) is 0.534. The molecule has 0 aromatic carbocycles. The van der Waals surface area contributed by atoms with Crippen molar-refractivity contribution in [2.24, 2.45) is 5.73 Å². The van der Waals surface area contributed by atoms with Crippen molar-refractivity contribution in [3.63, 3.8) is 0 Å². The summed E-state index contributed by atoms with van der Waals surface area (Å²) in [6.45, 7) is 2.65. The molecule has 0 spiro atoms. The molecule has 10 heavy (non-hydrogen) atoms. The Bertz CT molecular complexity index is 159. The Hall–Kier alpha value is -0.670. The fourth-order valence-electron chi connectivity index (χ4n) is 0.281. The van der Waals surface area contributed by atoms with Gasteiger partial charge in [-0.15, -0.1) is 0 Å². The number of halogens is 1. The molecular weight excluding hydrogens is 150 g/mol. The van der Waals surface area contributed by atoms with Gasteiger partial charge in [0.25, 0.3) is 0 Å². The molecule has 3 nitrogen and oxygen atoms in total. The van der Waals surface area contributed by atoms with Crippen LogP contribution < -0.4 is 5.73 Å². The Labute approximate surface area is 66.7 Å². The van der Waals surface area contributed by atoms with Crippen molar-refractivity contribution in [2.75, 3.05) is 6.54 Å². The molecule has 1 rings (SSSR count). The zero-order valence-corrected chi connectivity index (χ0v) is 6.54. The average Bonchev–Trinajstić information content (AvgIpc) is 1.91. The van der Waals surface area contributed by atoms with Crippen LogP contribution in [0.2, 0.25) is 5.28 Å². The van der Waals surface area contributed by atoms with Gasteiger partial charge in [0.05, 0.1) is 0 Å². The monoisotopic (exact) mass is 160 g/mol. The van der Waals surface area contributed by atoms with E-state index in [9.17, 15) is 0 Å². The van der Waals surface area contributed by atoms with Crippen LogP contribution >= 0.6 is 11.6 Å². The molecule has 0 bridgehead atoms. The topological polar surface area (TPSA) is 51.8 Å². The van der Waals surface area contributed by atoms with Crippen molar-refractivity contribution in [1.29, 1.82) is 0 Å². The molecule has 0 atom stereocenters. The molecule has 2 N–H and O–H groups in total. The van der Waals surface area contributed by atoms with Gasteiger partial charge in [-0.25, -0.2) is 9.97 Å². The summed E-state index contributed by atoms with van der Waals surface area (Å²) < 4.78 is 0. The summed E-state index contributed by atoms with van der Waals surface area (Å²) in [6.07, 6.45) is 3.19. The summed E-state index contributed by atoms with van der Waals surface area (Å²) in [6, 6.07) is 1.71. The van der Waals surface area contributed by atoms with E-state index in [0.29, 0.717) is 5.28 Å². The first kappa shape index (κ1) is 9.33. The number of aromatic nitrogens is 2. The van der Waals surface area contributed by atoms with E-state index in [-0.39, 0.29) is 1.43 Å². The standard InChI is InChI=1S/C4H3ClN2.C2H7N/c5-4-6-2-1-3-7-4;1-2-3/h1-3H;2-3H2,1H3/p+1. The highest BCUT2D eigenvalue weighted by atomic mass is 35.5. The largest absolute Gasteiger partial charge is 1.00 e. The Balaban J connectivity index is 0. The second-order valence-electron chi connectivity index (χ2n) is 1.43. The third kappa shape index (κ3) is 5.47. The summed E-state index contributed by atoms with van der Waals surface area (Å²) in [7, 11) is 0. The quantitative estimate of drug-likeness (QED) is 0.581. The van der Waals surface area contributed by atoms with E-state index in [4.69, 9.17) is 17.3 Å². The molecule has 0 saturated heterocycles. The van der Waals surface area contributed by atoms with E-state index in [2.05, 4.69) is 9.97 Å². The second-order valence-corrected chi connectivity index (χ2v) is 1.76. The SMILES string of the molecule is CCN.Clc1ncccn1.[H+]. The van der Waals surface area contributed by atoms with Gasteiger partial charge >= 0.3 is 1.43 Å². The summed E-state index contributed by atoms with van der Waals surface area (Å²) in [5, 5.41) is 0.294.